The number of benzene rings is 1. The van der Waals surface area contributed by atoms with Gasteiger partial charge in [-0.05, 0) is 37.0 Å². The summed E-state index contributed by atoms with van der Waals surface area (Å²) in [7, 11) is 0. The summed E-state index contributed by atoms with van der Waals surface area (Å²) < 4.78 is 41.7. The van der Waals surface area contributed by atoms with Crippen molar-refractivity contribution < 1.29 is 17.9 Å². The summed E-state index contributed by atoms with van der Waals surface area (Å²) in [6, 6.07) is 3.88. The summed E-state index contributed by atoms with van der Waals surface area (Å²) in [5.74, 6) is 0.220. The average molecular weight is 377 g/mol. The van der Waals surface area contributed by atoms with Crippen molar-refractivity contribution in [2.75, 3.05) is 0 Å². The Morgan fingerprint density at radius 2 is 1.85 bits per heavy atom. The third kappa shape index (κ3) is 6.81. The molecule has 1 atom stereocenters. The van der Waals surface area contributed by atoms with Gasteiger partial charge in [0.25, 0.3) is 0 Å². The van der Waals surface area contributed by atoms with E-state index in [0.717, 1.165) is 6.42 Å². The first-order valence-electron chi connectivity index (χ1n) is 6.00. The first-order valence-corrected chi connectivity index (χ1v) is 6.79. The molecule has 7 heteroatoms. The molecule has 0 spiro atoms. The minimum absolute atomic E-state index is 0. The number of ether oxygens (including phenoxy) is 1. The lowest BCUT2D eigenvalue weighted by Gasteiger charge is -2.19. The molecule has 0 saturated carbocycles. The Kier molecular flexibility index (Phi) is 7.91. The third-order valence-electron chi connectivity index (χ3n) is 2.65. The van der Waals surface area contributed by atoms with Crippen LogP contribution < -0.4 is 10.5 Å². The van der Waals surface area contributed by atoms with Gasteiger partial charge in [-0.1, -0.05) is 29.8 Å². The molecule has 0 aliphatic heterocycles. The number of hydrogen-bond acceptors (Lipinski definition) is 2. The Morgan fingerprint density at radius 3 is 2.35 bits per heavy atom. The number of nitrogens with two attached hydrogens (primary N) is 1. The minimum Gasteiger partial charge on any atom is -0.405 e. The Balaban J connectivity index is 0.00000361. The summed E-state index contributed by atoms with van der Waals surface area (Å²) in [5, 5.41) is 0. The lowest BCUT2D eigenvalue weighted by molar-refractivity contribution is -0.275. The van der Waals surface area contributed by atoms with Gasteiger partial charge in [-0.25, -0.2) is 0 Å². The predicted molar refractivity (Wildman–Crippen MR) is 79.1 cm³/mol. The van der Waals surface area contributed by atoms with Gasteiger partial charge < -0.3 is 10.5 Å². The number of rotatable bonds is 5. The smallest absolute Gasteiger partial charge is 0.405 e. The number of alkyl halides is 3. The molecule has 0 amide bonds. The van der Waals surface area contributed by atoms with E-state index in [-0.39, 0.29) is 18.2 Å². The van der Waals surface area contributed by atoms with Crippen LogP contribution in [0.1, 0.15) is 38.3 Å². The fraction of sp³-hybridized carbons (Fsp3) is 0.538. The zero-order chi connectivity index (χ0) is 14.6. The van der Waals surface area contributed by atoms with Gasteiger partial charge in [-0.3, -0.25) is 0 Å². The van der Waals surface area contributed by atoms with E-state index in [9.17, 15) is 13.2 Å². The van der Waals surface area contributed by atoms with Crippen LogP contribution >= 0.6 is 28.3 Å². The molecule has 0 saturated heterocycles. The van der Waals surface area contributed by atoms with Gasteiger partial charge in [0.05, 0.1) is 0 Å². The highest BCUT2D eigenvalue weighted by Crippen LogP contribution is 2.33. The first kappa shape index (κ1) is 19.5. The Morgan fingerprint density at radius 1 is 1.25 bits per heavy atom. The molecule has 1 aromatic rings. The Labute approximate surface area is 131 Å². The van der Waals surface area contributed by atoms with Crippen LogP contribution in [-0.4, -0.2) is 6.36 Å². The van der Waals surface area contributed by atoms with Gasteiger partial charge >= 0.3 is 6.36 Å². The fourth-order valence-electron chi connectivity index (χ4n) is 1.70. The molecule has 116 valence electrons. The standard InChI is InChI=1S/C13H17BrF3NO.ClH/c1-8(2)3-5-11(18)10-7-9(14)4-6-12(10)19-13(15,16)17;/h4,6-8,11H,3,5,18H2,1-2H3;1H/t11-;/m0./s1. The second kappa shape index (κ2) is 8.10. The maximum atomic E-state index is 12.3. The van der Waals surface area contributed by atoms with Crippen LogP contribution in [0.4, 0.5) is 13.2 Å². The average Bonchev–Trinajstić information content (AvgIpc) is 2.26. The lowest BCUT2D eigenvalue weighted by atomic mass is 9.98. The summed E-state index contributed by atoms with van der Waals surface area (Å²) in [6.45, 7) is 4.08. The molecule has 1 rings (SSSR count). The van der Waals surface area contributed by atoms with E-state index in [4.69, 9.17) is 5.73 Å². The highest BCUT2D eigenvalue weighted by molar-refractivity contribution is 9.10. The monoisotopic (exact) mass is 375 g/mol. The van der Waals surface area contributed by atoms with Crippen LogP contribution in [-0.2, 0) is 0 Å². The van der Waals surface area contributed by atoms with E-state index in [1.54, 1.807) is 6.07 Å². The molecule has 20 heavy (non-hydrogen) atoms. The summed E-state index contributed by atoms with van der Waals surface area (Å²) >= 11 is 3.23. The molecule has 0 aliphatic carbocycles. The molecule has 1 aromatic carbocycles. The van der Waals surface area contributed by atoms with Crippen molar-refractivity contribution in [2.45, 2.75) is 39.1 Å². The van der Waals surface area contributed by atoms with E-state index in [1.165, 1.54) is 12.1 Å². The summed E-state index contributed by atoms with van der Waals surface area (Å²) in [4.78, 5) is 0. The second-order valence-corrected chi connectivity index (χ2v) is 5.72. The van der Waals surface area contributed by atoms with Crippen molar-refractivity contribution in [3.05, 3.63) is 28.2 Å². The van der Waals surface area contributed by atoms with Crippen molar-refractivity contribution in [1.29, 1.82) is 0 Å². The summed E-state index contributed by atoms with van der Waals surface area (Å²) in [6.07, 6.45) is -3.25. The van der Waals surface area contributed by atoms with Gasteiger partial charge in [0.2, 0.25) is 0 Å². The highest BCUT2D eigenvalue weighted by atomic mass is 79.9. The van der Waals surface area contributed by atoms with Crippen LogP contribution in [0.3, 0.4) is 0 Å². The van der Waals surface area contributed by atoms with Crippen LogP contribution in [0.25, 0.3) is 0 Å². The van der Waals surface area contributed by atoms with E-state index in [2.05, 4.69) is 20.7 Å². The minimum atomic E-state index is -4.71. The second-order valence-electron chi connectivity index (χ2n) is 4.81. The largest absolute Gasteiger partial charge is 0.573 e. The molecule has 0 unspecified atom stereocenters. The number of halogens is 5. The van der Waals surface area contributed by atoms with Gasteiger partial charge in [0.1, 0.15) is 5.75 Å². The lowest BCUT2D eigenvalue weighted by Crippen LogP contribution is -2.20. The normalized spacial score (nSPS) is 13.0. The van der Waals surface area contributed by atoms with Crippen molar-refractivity contribution >= 4 is 28.3 Å². The van der Waals surface area contributed by atoms with E-state index < -0.39 is 12.4 Å². The maximum absolute atomic E-state index is 12.3. The van der Waals surface area contributed by atoms with Crippen molar-refractivity contribution in [1.82, 2.24) is 0 Å². The molecule has 0 aliphatic rings. The molecule has 2 N–H and O–H groups in total. The molecule has 0 bridgehead atoms. The van der Waals surface area contributed by atoms with Gasteiger partial charge in [0.15, 0.2) is 0 Å². The molecule has 0 aromatic heterocycles. The van der Waals surface area contributed by atoms with E-state index in [1.807, 2.05) is 13.8 Å². The fourth-order valence-corrected chi connectivity index (χ4v) is 2.07. The molecular weight excluding hydrogens is 358 g/mol. The number of hydrogen-bond donors (Lipinski definition) is 1. The highest BCUT2D eigenvalue weighted by Gasteiger charge is 2.32. The van der Waals surface area contributed by atoms with Crippen LogP contribution in [0.5, 0.6) is 5.75 Å². The Bertz CT molecular complexity index is 427. The van der Waals surface area contributed by atoms with E-state index in [0.29, 0.717) is 22.4 Å². The quantitative estimate of drug-likeness (QED) is 0.766. The maximum Gasteiger partial charge on any atom is 0.573 e. The third-order valence-corrected chi connectivity index (χ3v) is 3.15. The molecule has 0 fully saturated rings. The van der Waals surface area contributed by atoms with Crippen molar-refractivity contribution in [2.24, 2.45) is 11.7 Å². The molecule has 0 heterocycles. The molecular formula is C13H18BrClF3NO. The van der Waals surface area contributed by atoms with Gasteiger partial charge in [-0.15, -0.1) is 25.6 Å². The first-order chi connectivity index (χ1) is 8.69. The SMILES string of the molecule is CC(C)CC[C@H](N)c1cc(Br)ccc1OC(F)(F)F.Cl. The van der Waals surface area contributed by atoms with E-state index >= 15 is 0 Å². The summed E-state index contributed by atoms with van der Waals surface area (Å²) in [5.41, 5.74) is 6.33. The van der Waals surface area contributed by atoms with Crippen LogP contribution in [0, 0.1) is 5.92 Å². The van der Waals surface area contributed by atoms with Gasteiger partial charge in [-0.2, -0.15) is 0 Å². The zero-order valence-corrected chi connectivity index (χ0v) is 13.6. The molecule has 2 nitrogen and oxygen atoms in total. The van der Waals surface area contributed by atoms with Crippen LogP contribution in [0.2, 0.25) is 0 Å². The topological polar surface area (TPSA) is 35.2 Å². The predicted octanol–water partition coefficient (Wildman–Crippen LogP) is 5.21. The Hall–Kier alpha value is -0.460. The zero-order valence-electron chi connectivity index (χ0n) is 11.2. The molecule has 0 radical (unpaired) electrons. The van der Waals surface area contributed by atoms with Gasteiger partial charge in [0, 0.05) is 16.1 Å². The van der Waals surface area contributed by atoms with Crippen molar-refractivity contribution in [3.8, 4) is 5.75 Å². The van der Waals surface area contributed by atoms with Crippen molar-refractivity contribution in [3.63, 3.8) is 0 Å². The van der Waals surface area contributed by atoms with Crippen LogP contribution in [0.15, 0.2) is 22.7 Å².